The second-order valence-electron chi connectivity index (χ2n) is 2.72. The summed E-state index contributed by atoms with van der Waals surface area (Å²) in [7, 11) is 0. The van der Waals surface area contributed by atoms with Crippen LogP contribution in [0.25, 0.3) is 0 Å². The van der Waals surface area contributed by atoms with E-state index in [0.717, 1.165) is 0 Å². The van der Waals surface area contributed by atoms with Crippen molar-refractivity contribution in [3.05, 3.63) is 41.1 Å². The molecule has 1 aromatic rings. The van der Waals surface area contributed by atoms with Crippen molar-refractivity contribution in [2.24, 2.45) is 0 Å². The van der Waals surface area contributed by atoms with Gasteiger partial charge in [0.2, 0.25) is 0 Å². The molecule has 1 N–H and O–H groups in total. The quantitative estimate of drug-likeness (QED) is 0.748. The van der Waals surface area contributed by atoms with E-state index in [-0.39, 0.29) is 12.2 Å². The van der Waals surface area contributed by atoms with Gasteiger partial charge in [0.15, 0.2) is 0 Å². The van der Waals surface area contributed by atoms with Gasteiger partial charge in [-0.1, -0.05) is 19.1 Å². The molecule has 0 aliphatic heterocycles. The molecule has 0 unspecified atom stereocenters. The highest BCUT2D eigenvalue weighted by molar-refractivity contribution is 5.40. The molecule has 0 heterocycles. The third-order valence-electron chi connectivity index (χ3n) is 1.82. The zero-order valence-electron chi connectivity index (χ0n) is 7.21. The Morgan fingerprint density at radius 2 is 2.31 bits per heavy atom. The predicted molar refractivity (Wildman–Crippen MR) is 46.2 cm³/mol. The molecule has 1 aromatic carbocycles. The Morgan fingerprint density at radius 1 is 1.62 bits per heavy atom. The van der Waals surface area contributed by atoms with Gasteiger partial charge in [0.25, 0.3) is 0 Å². The molecule has 0 aromatic heterocycles. The molecule has 0 amide bonds. The van der Waals surface area contributed by atoms with E-state index in [1.807, 2.05) is 0 Å². The Hall–Kier alpha value is -1.40. The normalized spacial score (nSPS) is 10.1. The van der Waals surface area contributed by atoms with E-state index in [1.165, 1.54) is 6.07 Å². The maximum absolute atomic E-state index is 13.4. The largest absolute Gasteiger partial charge is 0.395 e. The first-order chi connectivity index (χ1) is 6.20. The molecular weight excluding hydrogens is 169 g/mol. The molecule has 0 spiro atoms. The van der Waals surface area contributed by atoms with Crippen LogP contribution in [0.2, 0.25) is 0 Å². The Balaban J connectivity index is 3.17. The van der Waals surface area contributed by atoms with Gasteiger partial charge in [0, 0.05) is 5.92 Å². The number of nitriles is 1. The lowest BCUT2D eigenvalue weighted by molar-refractivity contribution is 0.313. The molecule has 3 heteroatoms. The van der Waals surface area contributed by atoms with Crippen LogP contribution >= 0.6 is 0 Å². The van der Waals surface area contributed by atoms with Gasteiger partial charge < -0.3 is 5.11 Å². The molecule has 0 aliphatic carbocycles. The second-order valence-corrected chi connectivity index (χ2v) is 2.72. The Morgan fingerprint density at radius 3 is 2.85 bits per heavy atom. The van der Waals surface area contributed by atoms with E-state index in [4.69, 9.17) is 10.4 Å². The number of aliphatic hydroxyl groups is 1. The standard InChI is InChI=1S/C10H9FNO/c1-7(6-13)9-4-2-3-8(5-12)10(9)11/h2-4,13H,6H2,1H3. The zero-order valence-corrected chi connectivity index (χ0v) is 7.21. The summed E-state index contributed by atoms with van der Waals surface area (Å²) in [6.45, 7) is 1.42. The molecule has 2 nitrogen and oxygen atoms in total. The third kappa shape index (κ3) is 1.85. The van der Waals surface area contributed by atoms with Crippen LogP contribution in [0.3, 0.4) is 0 Å². The van der Waals surface area contributed by atoms with Gasteiger partial charge in [-0.15, -0.1) is 0 Å². The van der Waals surface area contributed by atoms with Crippen LogP contribution in [0.4, 0.5) is 4.39 Å². The number of halogens is 1. The number of hydrogen-bond donors (Lipinski definition) is 1. The number of nitrogens with zero attached hydrogens (tertiary/aromatic N) is 1. The molecule has 13 heavy (non-hydrogen) atoms. The van der Waals surface area contributed by atoms with Crippen molar-refractivity contribution in [1.29, 1.82) is 5.26 Å². The van der Waals surface area contributed by atoms with Crippen molar-refractivity contribution in [2.75, 3.05) is 6.61 Å². The average molecular weight is 178 g/mol. The van der Waals surface area contributed by atoms with E-state index in [9.17, 15) is 4.39 Å². The molecule has 0 aliphatic rings. The van der Waals surface area contributed by atoms with Gasteiger partial charge in [-0.3, -0.25) is 0 Å². The summed E-state index contributed by atoms with van der Waals surface area (Å²) in [6, 6.07) is 6.29. The molecule has 0 bridgehead atoms. The lowest BCUT2D eigenvalue weighted by Crippen LogP contribution is -2.04. The minimum Gasteiger partial charge on any atom is -0.395 e. The lowest BCUT2D eigenvalue weighted by Gasteiger charge is -2.08. The Bertz CT molecular complexity index is 343. The van der Waals surface area contributed by atoms with Crippen LogP contribution in [0.1, 0.15) is 18.1 Å². The Labute approximate surface area is 76.2 Å². The highest BCUT2D eigenvalue weighted by Gasteiger charge is 2.13. The van der Waals surface area contributed by atoms with Crippen LogP contribution in [0.5, 0.6) is 0 Å². The van der Waals surface area contributed by atoms with Crippen molar-refractivity contribution in [1.82, 2.24) is 0 Å². The van der Waals surface area contributed by atoms with Crippen molar-refractivity contribution in [2.45, 2.75) is 6.92 Å². The predicted octanol–water partition coefficient (Wildman–Crippen LogP) is 1.63. The fourth-order valence-corrected chi connectivity index (χ4v) is 1.03. The van der Waals surface area contributed by atoms with Crippen LogP contribution < -0.4 is 0 Å². The fourth-order valence-electron chi connectivity index (χ4n) is 1.03. The average Bonchev–Trinajstić information content (AvgIpc) is 2.17. The minimum atomic E-state index is -0.559. The maximum Gasteiger partial charge on any atom is 0.144 e. The zero-order chi connectivity index (χ0) is 9.84. The molecule has 1 rings (SSSR count). The summed E-state index contributed by atoms with van der Waals surface area (Å²) in [4.78, 5) is 0. The summed E-state index contributed by atoms with van der Waals surface area (Å²) >= 11 is 0. The van der Waals surface area contributed by atoms with Gasteiger partial charge in [0.05, 0.1) is 12.2 Å². The fraction of sp³-hybridized carbons (Fsp3) is 0.200. The van der Waals surface area contributed by atoms with Crippen molar-refractivity contribution in [3.63, 3.8) is 0 Å². The van der Waals surface area contributed by atoms with Gasteiger partial charge in [-0.25, -0.2) is 4.39 Å². The van der Waals surface area contributed by atoms with Crippen LogP contribution in [0.15, 0.2) is 18.2 Å². The van der Waals surface area contributed by atoms with Crippen molar-refractivity contribution >= 4 is 0 Å². The molecule has 1 radical (unpaired) electrons. The monoisotopic (exact) mass is 178 g/mol. The lowest BCUT2D eigenvalue weighted by atomic mass is 9.99. The highest BCUT2D eigenvalue weighted by Crippen LogP contribution is 2.19. The van der Waals surface area contributed by atoms with Gasteiger partial charge >= 0.3 is 0 Å². The molecule has 0 atom stereocenters. The number of aliphatic hydroxyl groups excluding tert-OH is 1. The summed E-state index contributed by atoms with van der Waals surface area (Å²) in [5.74, 6) is -0.0360. The summed E-state index contributed by atoms with van der Waals surface area (Å²) in [5, 5.41) is 17.3. The van der Waals surface area contributed by atoms with Crippen LogP contribution in [0, 0.1) is 23.1 Å². The number of benzene rings is 1. The van der Waals surface area contributed by atoms with E-state index < -0.39 is 5.82 Å². The third-order valence-corrected chi connectivity index (χ3v) is 1.82. The SMILES string of the molecule is C[C](CO)c1cccc(C#N)c1F. The minimum absolute atomic E-state index is 0.00491. The molecule has 0 saturated heterocycles. The van der Waals surface area contributed by atoms with Crippen molar-refractivity contribution < 1.29 is 9.50 Å². The Kier molecular flexibility index (Phi) is 2.99. The second kappa shape index (κ2) is 4.01. The van der Waals surface area contributed by atoms with Crippen LogP contribution in [-0.4, -0.2) is 11.7 Å². The van der Waals surface area contributed by atoms with Gasteiger partial charge in [0.1, 0.15) is 11.9 Å². The van der Waals surface area contributed by atoms with E-state index in [0.29, 0.717) is 11.5 Å². The first kappa shape index (κ1) is 9.69. The first-order valence-electron chi connectivity index (χ1n) is 3.83. The topological polar surface area (TPSA) is 44.0 Å². The van der Waals surface area contributed by atoms with Crippen LogP contribution in [-0.2, 0) is 0 Å². The van der Waals surface area contributed by atoms with E-state index >= 15 is 0 Å². The molecule has 0 saturated carbocycles. The summed E-state index contributed by atoms with van der Waals surface area (Å²) < 4.78 is 13.4. The highest BCUT2D eigenvalue weighted by atomic mass is 19.1. The smallest absolute Gasteiger partial charge is 0.144 e. The summed E-state index contributed by atoms with van der Waals surface area (Å²) in [5.41, 5.74) is 0.312. The van der Waals surface area contributed by atoms with Gasteiger partial charge in [-0.2, -0.15) is 5.26 Å². The van der Waals surface area contributed by atoms with E-state index in [2.05, 4.69) is 0 Å². The molecular formula is C10H9FNO. The summed E-state index contributed by atoms with van der Waals surface area (Å²) in [6.07, 6.45) is 0. The number of hydrogen-bond acceptors (Lipinski definition) is 2. The van der Waals surface area contributed by atoms with Gasteiger partial charge in [-0.05, 0) is 11.6 Å². The molecule has 67 valence electrons. The maximum atomic E-state index is 13.4. The van der Waals surface area contributed by atoms with Crippen molar-refractivity contribution in [3.8, 4) is 6.07 Å². The van der Waals surface area contributed by atoms with E-state index in [1.54, 1.807) is 25.1 Å². The first-order valence-corrected chi connectivity index (χ1v) is 3.83. The number of rotatable bonds is 2. The molecule has 0 fully saturated rings.